The van der Waals surface area contributed by atoms with Crippen molar-refractivity contribution >= 4 is 28.7 Å². The zero-order chi connectivity index (χ0) is 13.7. The Balaban J connectivity index is 1.86. The lowest BCUT2D eigenvalue weighted by molar-refractivity contribution is -0.384. The first kappa shape index (κ1) is 13.0. The summed E-state index contributed by atoms with van der Waals surface area (Å²) in [5, 5.41) is 23.5. The molecular formula is C11H11N5O2S. The Hall–Kier alpha value is -2.48. The number of hydrogen-bond donors (Lipinski definition) is 3. The Morgan fingerprint density at radius 1 is 1.37 bits per heavy atom. The average Bonchev–Trinajstić information content (AvgIpc) is 2.90. The van der Waals surface area contributed by atoms with Gasteiger partial charge in [-0.25, -0.2) is 0 Å². The van der Waals surface area contributed by atoms with Crippen LogP contribution in [0.25, 0.3) is 0 Å². The molecule has 0 aliphatic rings. The van der Waals surface area contributed by atoms with E-state index in [4.69, 9.17) is 12.2 Å². The number of H-pyrrole nitrogens is 1. The van der Waals surface area contributed by atoms with Gasteiger partial charge < -0.3 is 10.6 Å². The molecule has 98 valence electrons. The van der Waals surface area contributed by atoms with Crippen LogP contribution < -0.4 is 10.6 Å². The smallest absolute Gasteiger partial charge is 0.269 e. The second-order valence-corrected chi connectivity index (χ2v) is 4.10. The van der Waals surface area contributed by atoms with E-state index in [1.165, 1.54) is 12.1 Å². The number of benzene rings is 1. The number of nitro benzene ring substituents is 1. The van der Waals surface area contributed by atoms with E-state index in [-0.39, 0.29) is 5.69 Å². The van der Waals surface area contributed by atoms with Gasteiger partial charge in [0.15, 0.2) is 5.11 Å². The van der Waals surface area contributed by atoms with E-state index in [9.17, 15) is 10.1 Å². The molecule has 1 heterocycles. The molecule has 3 N–H and O–H groups in total. The van der Waals surface area contributed by atoms with Crippen LogP contribution in [0.3, 0.4) is 0 Å². The second kappa shape index (κ2) is 5.91. The highest BCUT2D eigenvalue weighted by molar-refractivity contribution is 7.80. The molecule has 0 aliphatic carbocycles. The molecule has 0 saturated heterocycles. The van der Waals surface area contributed by atoms with Crippen molar-refractivity contribution in [2.75, 3.05) is 5.32 Å². The summed E-state index contributed by atoms with van der Waals surface area (Å²) in [6, 6.07) is 7.87. The fourth-order valence-corrected chi connectivity index (χ4v) is 1.59. The van der Waals surface area contributed by atoms with Crippen molar-refractivity contribution < 1.29 is 4.92 Å². The molecule has 0 radical (unpaired) electrons. The third-order valence-corrected chi connectivity index (χ3v) is 2.58. The summed E-state index contributed by atoms with van der Waals surface area (Å²) >= 11 is 5.10. The molecule has 0 atom stereocenters. The SMILES string of the molecule is O=[N+]([O-])c1ccc(NC(=S)NCc2ccn[nH]2)cc1. The van der Waals surface area contributed by atoms with Gasteiger partial charge in [0.1, 0.15) is 0 Å². The van der Waals surface area contributed by atoms with Crippen molar-refractivity contribution in [3.05, 3.63) is 52.3 Å². The van der Waals surface area contributed by atoms with Crippen LogP contribution in [-0.4, -0.2) is 20.2 Å². The fraction of sp³-hybridized carbons (Fsp3) is 0.0909. The van der Waals surface area contributed by atoms with E-state index < -0.39 is 4.92 Å². The topological polar surface area (TPSA) is 95.9 Å². The minimum Gasteiger partial charge on any atom is -0.357 e. The van der Waals surface area contributed by atoms with Crippen LogP contribution in [0.1, 0.15) is 5.69 Å². The number of nitro groups is 1. The number of hydrogen-bond acceptors (Lipinski definition) is 4. The van der Waals surface area contributed by atoms with Crippen molar-refractivity contribution in [1.82, 2.24) is 15.5 Å². The lowest BCUT2D eigenvalue weighted by Crippen LogP contribution is -2.27. The van der Waals surface area contributed by atoms with Gasteiger partial charge in [-0.2, -0.15) is 5.10 Å². The van der Waals surface area contributed by atoms with Gasteiger partial charge >= 0.3 is 0 Å². The van der Waals surface area contributed by atoms with Gasteiger partial charge in [0.25, 0.3) is 5.69 Å². The average molecular weight is 277 g/mol. The van der Waals surface area contributed by atoms with Gasteiger partial charge in [-0.05, 0) is 30.4 Å². The van der Waals surface area contributed by atoms with E-state index >= 15 is 0 Å². The number of non-ortho nitro benzene ring substituents is 1. The quantitative estimate of drug-likeness (QED) is 0.448. The molecule has 8 heteroatoms. The number of aromatic nitrogens is 2. The van der Waals surface area contributed by atoms with Crippen LogP contribution in [0.15, 0.2) is 36.5 Å². The molecule has 0 unspecified atom stereocenters. The first-order chi connectivity index (χ1) is 9.15. The molecule has 0 aliphatic heterocycles. The standard InChI is InChI=1S/C11H11N5O2S/c17-16(18)10-3-1-8(2-4-10)14-11(19)12-7-9-5-6-13-15-9/h1-6H,7H2,(H,13,15)(H2,12,14,19). The van der Waals surface area contributed by atoms with Gasteiger partial charge in [-0.3, -0.25) is 15.2 Å². The van der Waals surface area contributed by atoms with Gasteiger partial charge in [0.2, 0.25) is 0 Å². The number of nitrogens with one attached hydrogen (secondary N) is 3. The van der Waals surface area contributed by atoms with Crippen molar-refractivity contribution in [2.24, 2.45) is 0 Å². The predicted molar refractivity (Wildman–Crippen MR) is 74.7 cm³/mol. The van der Waals surface area contributed by atoms with Crippen molar-refractivity contribution in [2.45, 2.75) is 6.54 Å². The molecule has 2 aromatic rings. The molecular weight excluding hydrogens is 266 g/mol. The molecule has 0 spiro atoms. The molecule has 0 fully saturated rings. The molecule has 0 bridgehead atoms. The Morgan fingerprint density at radius 2 is 2.11 bits per heavy atom. The van der Waals surface area contributed by atoms with E-state index in [0.717, 1.165) is 5.69 Å². The predicted octanol–water partition coefficient (Wildman–Crippen LogP) is 1.80. The van der Waals surface area contributed by atoms with Gasteiger partial charge in [-0.15, -0.1) is 0 Å². The van der Waals surface area contributed by atoms with Crippen LogP contribution in [0.5, 0.6) is 0 Å². The van der Waals surface area contributed by atoms with E-state index in [2.05, 4.69) is 20.8 Å². The van der Waals surface area contributed by atoms with Crippen LogP contribution in [0.4, 0.5) is 11.4 Å². The maximum Gasteiger partial charge on any atom is 0.269 e. The Morgan fingerprint density at radius 3 is 2.68 bits per heavy atom. The maximum atomic E-state index is 10.5. The zero-order valence-corrected chi connectivity index (χ0v) is 10.6. The highest BCUT2D eigenvalue weighted by Crippen LogP contribution is 2.15. The third-order valence-electron chi connectivity index (χ3n) is 2.33. The Kier molecular flexibility index (Phi) is 4.04. The number of aromatic amines is 1. The summed E-state index contributed by atoms with van der Waals surface area (Å²) < 4.78 is 0. The number of anilines is 1. The van der Waals surface area contributed by atoms with Gasteiger partial charge in [0.05, 0.1) is 17.2 Å². The minimum atomic E-state index is -0.446. The third kappa shape index (κ3) is 3.75. The van der Waals surface area contributed by atoms with Crippen molar-refractivity contribution in [1.29, 1.82) is 0 Å². The largest absolute Gasteiger partial charge is 0.357 e. The van der Waals surface area contributed by atoms with E-state index in [1.807, 2.05) is 6.07 Å². The van der Waals surface area contributed by atoms with Gasteiger partial charge in [0, 0.05) is 24.0 Å². The van der Waals surface area contributed by atoms with E-state index in [0.29, 0.717) is 17.3 Å². The molecule has 19 heavy (non-hydrogen) atoms. The lowest BCUT2D eigenvalue weighted by Gasteiger charge is -2.09. The summed E-state index contributed by atoms with van der Waals surface area (Å²) in [5.41, 5.74) is 1.64. The fourth-order valence-electron chi connectivity index (χ4n) is 1.40. The van der Waals surface area contributed by atoms with E-state index in [1.54, 1.807) is 18.3 Å². The molecule has 1 aromatic carbocycles. The van der Waals surface area contributed by atoms with Crippen LogP contribution in [0.2, 0.25) is 0 Å². The summed E-state index contributed by atoms with van der Waals surface area (Å²) in [6.45, 7) is 0.527. The molecule has 0 amide bonds. The summed E-state index contributed by atoms with van der Waals surface area (Å²) in [6.07, 6.45) is 1.66. The van der Waals surface area contributed by atoms with Crippen molar-refractivity contribution in [3.8, 4) is 0 Å². The number of thiocarbonyl (C=S) groups is 1. The second-order valence-electron chi connectivity index (χ2n) is 3.69. The molecule has 1 aromatic heterocycles. The van der Waals surface area contributed by atoms with Crippen molar-refractivity contribution in [3.63, 3.8) is 0 Å². The lowest BCUT2D eigenvalue weighted by atomic mass is 10.3. The van der Waals surface area contributed by atoms with Gasteiger partial charge in [-0.1, -0.05) is 0 Å². The van der Waals surface area contributed by atoms with Crippen LogP contribution >= 0.6 is 12.2 Å². The Bertz CT molecular complexity index is 567. The highest BCUT2D eigenvalue weighted by Gasteiger charge is 2.04. The first-order valence-electron chi connectivity index (χ1n) is 5.43. The number of nitrogens with zero attached hydrogens (tertiary/aromatic N) is 2. The number of rotatable bonds is 4. The van der Waals surface area contributed by atoms with Crippen LogP contribution in [0, 0.1) is 10.1 Å². The molecule has 7 nitrogen and oxygen atoms in total. The maximum absolute atomic E-state index is 10.5. The molecule has 0 saturated carbocycles. The zero-order valence-electron chi connectivity index (χ0n) is 9.79. The normalized spacial score (nSPS) is 9.89. The highest BCUT2D eigenvalue weighted by atomic mass is 32.1. The minimum absolute atomic E-state index is 0.0434. The monoisotopic (exact) mass is 277 g/mol. The summed E-state index contributed by atoms with van der Waals surface area (Å²) in [5.74, 6) is 0. The Labute approximate surface area is 114 Å². The first-order valence-corrected chi connectivity index (χ1v) is 5.83. The summed E-state index contributed by atoms with van der Waals surface area (Å²) in [4.78, 5) is 10.1. The van der Waals surface area contributed by atoms with Crippen LogP contribution in [-0.2, 0) is 6.54 Å². The summed E-state index contributed by atoms with van der Waals surface area (Å²) in [7, 11) is 0. The molecule has 2 rings (SSSR count).